The highest BCUT2D eigenvalue weighted by Gasteiger charge is 2.13. The van der Waals surface area contributed by atoms with Crippen LogP contribution in [0.15, 0.2) is 24.3 Å². The molecule has 0 bridgehead atoms. The van der Waals surface area contributed by atoms with Crippen LogP contribution < -0.4 is 0 Å². The first-order valence-corrected chi connectivity index (χ1v) is 4.51. The Hall–Kier alpha value is -1.38. The van der Waals surface area contributed by atoms with Crippen molar-refractivity contribution in [2.24, 2.45) is 0 Å². The molecule has 1 atom stereocenters. The standard InChI is InChI=1S/C11H14FNO/c1-8(13(3)9(2)14)10-4-6-11(12)7-5-10/h4-8H,1-3H3/t8-/m1/s1. The topological polar surface area (TPSA) is 20.3 Å². The molecule has 0 saturated carbocycles. The van der Waals surface area contributed by atoms with Crippen molar-refractivity contribution in [2.45, 2.75) is 19.9 Å². The summed E-state index contributed by atoms with van der Waals surface area (Å²) in [6.45, 7) is 3.43. The van der Waals surface area contributed by atoms with E-state index in [1.807, 2.05) is 6.92 Å². The van der Waals surface area contributed by atoms with E-state index in [-0.39, 0.29) is 17.8 Å². The van der Waals surface area contributed by atoms with Gasteiger partial charge in [0.05, 0.1) is 6.04 Å². The Balaban J connectivity index is 2.84. The Morgan fingerprint density at radius 1 is 1.36 bits per heavy atom. The lowest BCUT2D eigenvalue weighted by Crippen LogP contribution is -2.27. The maximum Gasteiger partial charge on any atom is 0.219 e. The third-order valence-electron chi connectivity index (χ3n) is 2.43. The van der Waals surface area contributed by atoms with Crippen molar-refractivity contribution < 1.29 is 9.18 Å². The predicted molar refractivity (Wildman–Crippen MR) is 53.3 cm³/mol. The largest absolute Gasteiger partial charge is 0.339 e. The number of halogens is 1. The summed E-state index contributed by atoms with van der Waals surface area (Å²) in [6, 6.07) is 6.17. The fourth-order valence-corrected chi connectivity index (χ4v) is 1.24. The zero-order valence-electron chi connectivity index (χ0n) is 8.62. The molecular formula is C11H14FNO. The van der Waals surface area contributed by atoms with Gasteiger partial charge in [0.15, 0.2) is 0 Å². The summed E-state index contributed by atoms with van der Waals surface area (Å²) < 4.78 is 12.6. The van der Waals surface area contributed by atoms with Gasteiger partial charge in [0.25, 0.3) is 0 Å². The smallest absolute Gasteiger partial charge is 0.219 e. The molecule has 1 aromatic carbocycles. The van der Waals surface area contributed by atoms with Crippen molar-refractivity contribution in [3.63, 3.8) is 0 Å². The van der Waals surface area contributed by atoms with Gasteiger partial charge in [-0.3, -0.25) is 4.79 Å². The number of carbonyl (C=O) groups is 1. The first-order valence-electron chi connectivity index (χ1n) is 4.51. The van der Waals surface area contributed by atoms with E-state index in [0.717, 1.165) is 5.56 Å². The Morgan fingerprint density at radius 3 is 2.29 bits per heavy atom. The lowest BCUT2D eigenvalue weighted by atomic mass is 10.1. The molecule has 1 aromatic rings. The molecule has 76 valence electrons. The van der Waals surface area contributed by atoms with Crippen LogP contribution in [0, 0.1) is 5.82 Å². The lowest BCUT2D eigenvalue weighted by molar-refractivity contribution is -0.129. The zero-order valence-corrected chi connectivity index (χ0v) is 8.62. The van der Waals surface area contributed by atoms with Crippen molar-refractivity contribution >= 4 is 5.91 Å². The van der Waals surface area contributed by atoms with Crippen LogP contribution in [-0.4, -0.2) is 17.9 Å². The molecule has 0 unspecified atom stereocenters. The van der Waals surface area contributed by atoms with Crippen LogP contribution >= 0.6 is 0 Å². The molecule has 1 rings (SSSR count). The maximum absolute atomic E-state index is 12.6. The molecule has 0 saturated heterocycles. The fraction of sp³-hybridized carbons (Fsp3) is 0.364. The molecule has 0 spiro atoms. The van der Waals surface area contributed by atoms with Gasteiger partial charge in [-0.15, -0.1) is 0 Å². The van der Waals surface area contributed by atoms with Crippen molar-refractivity contribution in [3.05, 3.63) is 35.6 Å². The van der Waals surface area contributed by atoms with Crippen LogP contribution in [0.2, 0.25) is 0 Å². The third-order valence-corrected chi connectivity index (χ3v) is 2.43. The zero-order chi connectivity index (χ0) is 10.7. The van der Waals surface area contributed by atoms with E-state index in [4.69, 9.17) is 0 Å². The summed E-state index contributed by atoms with van der Waals surface area (Å²) in [6.07, 6.45) is 0. The molecule has 0 N–H and O–H groups in total. The number of carbonyl (C=O) groups excluding carboxylic acids is 1. The molecule has 0 heterocycles. The lowest BCUT2D eigenvalue weighted by Gasteiger charge is -2.23. The molecule has 0 aliphatic carbocycles. The highest BCUT2D eigenvalue weighted by Crippen LogP contribution is 2.18. The normalized spacial score (nSPS) is 12.3. The number of nitrogens with zero attached hydrogens (tertiary/aromatic N) is 1. The molecule has 0 aromatic heterocycles. The van der Waals surface area contributed by atoms with Gasteiger partial charge < -0.3 is 4.90 Å². The highest BCUT2D eigenvalue weighted by atomic mass is 19.1. The fourth-order valence-electron chi connectivity index (χ4n) is 1.24. The average Bonchev–Trinajstić information content (AvgIpc) is 2.16. The average molecular weight is 195 g/mol. The number of amides is 1. The molecule has 0 aliphatic rings. The van der Waals surface area contributed by atoms with Crippen LogP contribution in [0.25, 0.3) is 0 Å². The second kappa shape index (κ2) is 4.22. The van der Waals surface area contributed by atoms with Gasteiger partial charge in [0.1, 0.15) is 5.82 Å². The number of hydrogen-bond donors (Lipinski definition) is 0. The van der Waals surface area contributed by atoms with E-state index >= 15 is 0 Å². The summed E-state index contributed by atoms with van der Waals surface area (Å²) in [5.41, 5.74) is 0.934. The van der Waals surface area contributed by atoms with Crippen LogP contribution in [0.3, 0.4) is 0 Å². The SMILES string of the molecule is CC(=O)N(C)[C@H](C)c1ccc(F)cc1. The van der Waals surface area contributed by atoms with Gasteiger partial charge in [-0.05, 0) is 24.6 Å². The molecular weight excluding hydrogens is 181 g/mol. The monoisotopic (exact) mass is 195 g/mol. The van der Waals surface area contributed by atoms with Crippen LogP contribution in [0.5, 0.6) is 0 Å². The van der Waals surface area contributed by atoms with Gasteiger partial charge in [0.2, 0.25) is 5.91 Å². The third kappa shape index (κ3) is 2.31. The van der Waals surface area contributed by atoms with E-state index in [9.17, 15) is 9.18 Å². The van der Waals surface area contributed by atoms with Gasteiger partial charge in [0, 0.05) is 14.0 Å². The Bertz CT molecular complexity index is 321. The molecule has 14 heavy (non-hydrogen) atoms. The quantitative estimate of drug-likeness (QED) is 0.709. The van der Waals surface area contributed by atoms with E-state index in [1.54, 1.807) is 24.1 Å². The second-order valence-corrected chi connectivity index (χ2v) is 3.36. The summed E-state index contributed by atoms with van der Waals surface area (Å²) in [4.78, 5) is 12.7. The van der Waals surface area contributed by atoms with Gasteiger partial charge in [-0.25, -0.2) is 4.39 Å². The summed E-state index contributed by atoms with van der Waals surface area (Å²) in [5, 5.41) is 0. The molecule has 0 radical (unpaired) electrons. The minimum atomic E-state index is -0.258. The van der Waals surface area contributed by atoms with Gasteiger partial charge in [-0.1, -0.05) is 12.1 Å². The molecule has 0 aliphatic heterocycles. The predicted octanol–water partition coefficient (Wildman–Crippen LogP) is 2.37. The van der Waals surface area contributed by atoms with Gasteiger partial charge in [-0.2, -0.15) is 0 Å². The molecule has 3 heteroatoms. The molecule has 1 amide bonds. The van der Waals surface area contributed by atoms with Crippen molar-refractivity contribution in [3.8, 4) is 0 Å². The summed E-state index contributed by atoms with van der Waals surface area (Å²) >= 11 is 0. The Morgan fingerprint density at radius 2 is 1.86 bits per heavy atom. The summed E-state index contributed by atoms with van der Waals surface area (Å²) in [7, 11) is 1.73. The minimum Gasteiger partial charge on any atom is -0.339 e. The minimum absolute atomic E-state index is 0.00169. The van der Waals surface area contributed by atoms with E-state index < -0.39 is 0 Å². The number of rotatable bonds is 2. The first kappa shape index (κ1) is 10.7. The Labute approximate surface area is 83.3 Å². The maximum atomic E-state index is 12.6. The highest BCUT2D eigenvalue weighted by molar-refractivity contribution is 5.73. The van der Waals surface area contributed by atoms with Crippen LogP contribution in [0.4, 0.5) is 4.39 Å². The van der Waals surface area contributed by atoms with Crippen molar-refractivity contribution in [2.75, 3.05) is 7.05 Å². The summed E-state index contributed by atoms with van der Waals surface area (Å²) in [5.74, 6) is -0.256. The second-order valence-electron chi connectivity index (χ2n) is 3.36. The first-order chi connectivity index (χ1) is 6.52. The van der Waals surface area contributed by atoms with Crippen molar-refractivity contribution in [1.29, 1.82) is 0 Å². The molecule has 0 fully saturated rings. The van der Waals surface area contributed by atoms with Crippen molar-refractivity contribution in [1.82, 2.24) is 4.90 Å². The van der Waals surface area contributed by atoms with E-state index in [0.29, 0.717) is 0 Å². The molecule has 2 nitrogen and oxygen atoms in total. The van der Waals surface area contributed by atoms with Crippen LogP contribution in [-0.2, 0) is 4.79 Å². The van der Waals surface area contributed by atoms with Gasteiger partial charge >= 0.3 is 0 Å². The van der Waals surface area contributed by atoms with E-state index in [1.165, 1.54) is 19.1 Å². The van der Waals surface area contributed by atoms with Crippen LogP contribution in [0.1, 0.15) is 25.5 Å². The van der Waals surface area contributed by atoms with E-state index in [2.05, 4.69) is 0 Å². The number of hydrogen-bond acceptors (Lipinski definition) is 1. The Kier molecular flexibility index (Phi) is 3.23. The number of benzene rings is 1.